The number of fused-ring (bicyclic) bond motifs is 2. The van der Waals surface area contributed by atoms with Crippen molar-refractivity contribution in [2.75, 3.05) is 15.1 Å². The zero-order valence-electron chi connectivity index (χ0n) is 19.6. The number of thiophene rings is 1. The molecule has 0 bridgehead atoms. The molecule has 11 heteroatoms. The predicted molar refractivity (Wildman–Crippen MR) is 139 cm³/mol. The monoisotopic (exact) mass is 503 g/mol. The number of nitrogens with zero attached hydrogens (tertiary/aromatic N) is 5. The number of carboxylic acids is 1. The van der Waals surface area contributed by atoms with Gasteiger partial charge in [0.1, 0.15) is 16.6 Å². The Labute approximate surface area is 211 Å². The van der Waals surface area contributed by atoms with Gasteiger partial charge in [0.2, 0.25) is 5.95 Å². The van der Waals surface area contributed by atoms with Crippen LogP contribution in [-0.2, 0) is 4.79 Å². The highest BCUT2D eigenvalue weighted by Crippen LogP contribution is 2.43. The molecule has 1 aromatic carbocycles. The van der Waals surface area contributed by atoms with Gasteiger partial charge in [-0.15, -0.1) is 11.3 Å². The Balaban J connectivity index is 1.42. The molecule has 0 radical (unpaired) electrons. The Kier molecular flexibility index (Phi) is 5.56. The summed E-state index contributed by atoms with van der Waals surface area (Å²) in [5.74, 6) is -0.0230. The van der Waals surface area contributed by atoms with Gasteiger partial charge in [-0.25, -0.2) is 9.78 Å². The van der Waals surface area contributed by atoms with Crippen LogP contribution < -0.4 is 15.1 Å². The van der Waals surface area contributed by atoms with Crippen LogP contribution in [0.15, 0.2) is 42.0 Å². The number of benzene rings is 1. The highest BCUT2D eigenvalue weighted by Gasteiger charge is 2.41. The summed E-state index contributed by atoms with van der Waals surface area (Å²) in [6, 6.07) is 7.14. The fourth-order valence-corrected chi connectivity index (χ4v) is 5.91. The molecule has 1 atom stereocenters. The molecule has 4 heterocycles. The number of carboxylic acid groups (broad SMARTS) is 1. The summed E-state index contributed by atoms with van der Waals surface area (Å²) in [5.41, 5.74) is 2.85. The molecule has 2 aliphatic rings. The third kappa shape index (κ3) is 3.85. The van der Waals surface area contributed by atoms with E-state index in [9.17, 15) is 14.7 Å². The fraction of sp³-hybridized carbons (Fsp3) is 0.320. The van der Waals surface area contributed by atoms with Gasteiger partial charge in [0, 0.05) is 22.5 Å². The van der Waals surface area contributed by atoms with Gasteiger partial charge in [0.25, 0.3) is 5.91 Å². The van der Waals surface area contributed by atoms with Gasteiger partial charge in [0.05, 0.1) is 23.6 Å². The van der Waals surface area contributed by atoms with Gasteiger partial charge >= 0.3 is 5.97 Å². The van der Waals surface area contributed by atoms with E-state index in [2.05, 4.69) is 25.4 Å². The number of aromatic amines is 1. The Morgan fingerprint density at radius 2 is 2.03 bits per heavy atom. The number of amides is 1. The van der Waals surface area contributed by atoms with Crippen LogP contribution >= 0.6 is 11.3 Å². The lowest BCUT2D eigenvalue weighted by Crippen LogP contribution is -2.55. The summed E-state index contributed by atoms with van der Waals surface area (Å²) in [5, 5.41) is 22.4. The first-order chi connectivity index (χ1) is 17.5. The van der Waals surface area contributed by atoms with Crippen LogP contribution in [0.5, 0.6) is 0 Å². The second-order valence-electron chi connectivity index (χ2n) is 9.22. The summed E-state index contributed by atoms with van der Waals surface area (Å²) in [7, 11) is 0. The van der Waals surface area contributed by atoms with Crippen molar-refractivity contribution in [1.29, 1.82) is 0 Å². The predicted octanol–water partition coefficient (Wildman–Crippen LogP) is 5.06. The molecule has 0 unspecified atom stereocenters. The molecule has 1 aliphatic carbocycles. The Bertz CT molecular complexity index is 1460. The van der Waals surface area contributed by atoms with Crippen LogP contribution in [0.4, 0.5) is 28.8 Å². The Morgan fingerprint density at radius 1 is 1.19 bits per heavy atom. The van der Waals surface area contributed by atoms with Crippen molar-refractivity contribution < 1.29 is 14.7 Å². The third-order valence-corrected chi connectivity index (χ3v) is 7.86. The number of hydrogen-bond donors (Lipinski definition) is 3. The van der Waals surface area contributed by atoms with Gasteiger partial charge in [-0.05, 0) is 44.0 Å². The first-order valence-corrected chi connectivity index (χ1v) is 12.9. The van der Waals surface area contributed by atoms with Crippen molar-refractivity contribution in [2.24, 2.45) is 0 Å². The van der Waals surface area contributed by atoms with Gasteiger partial charge in [-0.3, -0.25) is 14.8 Å². The minimum Gasteiger partial charge on any atom is -0.477 e. The van der Waals surface area contributed by atoms with Gasteiger partial charge in [-0.2, -0.15) is 10.1 Å². The molecule has 0 saturated heterocycles. The normalized spacial score (nSPS) is 18.5. The highest BCUT2D eigenvalue weighted by atomic mass is 32.1. The van der Waals surface area contributed by atoms with Crippen LogP contribution in [0.25, 0.3) is 10.9 Å². The minimum absolute atomic E-state index is 0.113. The van der Waals surface area contributed by atoms with Crippen LogP contribution in [0.2, 0.25) is 0 Å². The number of anilines is 5. The molecule has 4 aromatic rings. The number of carbonyl (C=O) groups is 2. The number of rotatable bonds is 5. The molecular formula is C25H25N7O3S. The summed E-state index contributed by atoms with van der Waals surface area (Å²) in [4.78, 5) is 38.5. The highest BCUT2D eigenvalue weighted by molar-refractivity contribution is 7.12. The molecule has 3 N–H and O–H groups in total. The summed E-state index contributed by atoms with van der Waals surface area (Å²) < 4.78 is 0. The smallest absolute Gasteiger partial charge is 0.345 e. The van der Waals surface area contributed by atoms with Gasteiger partial charge < -0.3 is 15.3 Å². The first-order valence-electron chi connectivity index (χ1n) is 12.0. The van der Waals surface area contributed by atoms with Gasteiger partial charge in [-0.1, -0.05) is 19.3 Å². The van der Waals surface area contributed by atoms with Crippen molar-refractivity contribution in [3.8, 4) is 0 Å². The second kappa shape index (κ2) is 8.90. The molecule has 0 spiro atoms. The lowest BCUT2D eigenvalue weighted by molar-refractivity contribution is -0.119. The van der Waals surface area contributed by atoms with Crippen molar-refractivity contribution in [3.05, 3.63) is 46.9 Å². The molecule has 36 heavy (non-hydrogen) atoms. The zero-order chi connectivity index (χ0) is 24.8. The van der Waals surface area contributed by atoms with E-state index in [1.165, 1.54) is 12.5 Å². The Morgan fingerprint density at radius 3 is 2.81 bits per heavy atom. The maximum absolute atomic E-state index is 13.7. The standard InChI is InChI=1S/C25H25N7O3S/c1-14-23(33)32(18-10-21(24(34)35)36-13-18)20-12-26-25(28-16-7-8-19-15(9-16)11-27-30-19)29-22(20)31(14)17-5-3-2-4-6-17/h7-14,17H,2-6H2,1H3,(H,27,30)(H,34,35)(H,26,28,29)/t14-/m1/s1. The minimum atomic E-state index is -1.02. The number of aromatic nitrogens is 4. The fourth-order valence-electron chi connectivity index (χ4n) is 5.20. The van der Waals surface area contributed by atoms with E-state index in [0.29, 0.717) is 23.1 Å². The third-order valence-electron chi connectivity index (χ3n) is 6.95. The molecule has 1 aliphatic heterocycles. The molecule has 1 fully saturated rings. The number of H-pyrrole nitrogens is 1. The molecular weight excluding hydrogens is 478 g/mol. The maximum Gasteiger partial charge on any atom is 0.345 e. The van der Waals surface area contributed by atoms with Crippen molar-refractivity contribution in [3.63, 3.8) is 0 Å². The summed E-state index contributed by atoms with van der Waals surface area (Å²) >= 11 is 1.10. The lowest BCUT2D eigenvalue weighted by Gasteiger charge is -2.45. The number of aromatic carboxylic acids is 1. The maximum atomic E-state index is 13.7. The molecule has 6 rings (SSSR count). The number of hydrogen-bond acceptors (Lipinski definition) is 8. The SMILES string of the molecule is C[C@@H]1C(=O)N(c2csc(C(=O)O)c2)c2cnc(Nc3ccc4[nH]ncc4c3)nc2N1C1CCCCC1. The lowest BCUT2D eigenvalue weighted by atomic mass is 9.92. The van der Waals surface area contributed by atoms with Crippen LogP contribution in [-0.4, -0.2) is 49.2 Å². The van der Waals surface area contributed by atoms with E-state index >= 15 is 0 Å². The first kappa shape index (κ1) is 22.5. The Hall–Kier alpha value is -3.99. The van der Waals surface area contributed by atoms with Crippen molar-refractivity contribution in [1.82, 2.24) is 20.2 Å². The van der Waals surface area contributed by atoms with Gasteiger partial charge in [0.15, 0.2) is 5.82 Å². The topological polar surface area (TPSA) is 127 Å². The largest absolute Gasteiger partial charge is 0.477 e. The van der Waals surface area contributed by atoms with E-state index in [1.54, 1.807) is 22.7 Å². The number of carbonyl (C=O) groups excluding carboxylic acids is 1. The van der Waals surface area contributed by atoms with Crippen LogP contribution in [0.3, 0.4) is 0 Å². The molecule has 1 amide bonds. The number of nitrogens with one attached hydrogen (secondary N) is 2. The van der Waals surface area contributed by atoms with Crippen LogP contribution in [0, 0.1) is 0 Å². The van der Waals surface area contributed by atoms with Crippen molar-refractivity contribution >= 4 is 62.9 Å². The van der Waals surface area contributed by atoms with E-state index in [0.717, 1.165) is 53.6 Å². The van der Waals surface area contributed by atoms with E-state index < -0.39 is 12.0 Å². The van der Waals surface area contributed by atoms with Crippen LogP contribution in [0.1, 0.15) is 48.7 Å². The van der Waals surface area contributed by atoms with Crippen molar-refractivity contribution in [2.45, 2.75) is 51.1 Å². The second-order valence-corrected chi connectivity index (χ2v) is 10.1. The van der Waals surface area contributed by atoms with E-state index in [4.69, 9.17) is 4.98 Å². The summed E-state index contributed by atoms with van der Waals surface area (Å²) in [6.45, 7) is 1.90. The average Bonchev–Trinajstić information content (AvgIpc) is 3.55. The zero-order valence-corrected chi connectivity index (χ0v) is 20.5. The molecule has 10 nitrogen and oxygen atoms in total. The molecule has 3 aromatic heterocycles. The summed E-state index contributed by atoms with van der Waals surface area (Å²) in [6.07, 6.45) is 8.86. The van der Waals surface area contributed by atoms with E-state index in [-0.39, 0.29) is 16.8 Å². The molecule has 184 valence electrons. The molecule has 1 saturated carbocycles. The quantitative estimate of drug-likeness (QED) is 0.345. The average molecular weight is 504 g/mol. The van der Waals surface area contributed by atoms with E-state index in [1.807, 2.05) is 25.1 Å².